The summed E-state index contributed by atoms with van der Waals surface area (Å²) in [5.74, 6) is 0. The molecule has 0 amide bonds. The summed E-state index contributed by atoms with van der Waals surface area (Å²) in [4.78, 5) is 0. The third-order valence-electron chi connectivity index (χ3n) is 2.02. The van der Waals surface area contributed by atoms with Crippen molar-refractivity contribution in [3.05, 3.63) is 29.3 Å². The monoisotopic (exact) mass is 204 g/mol. The number of benzene rings is 1. The average molecular weight is 204 g/mol. The number of alkyl halides is 3. The molecule has 1 aromatic rings. The maximum Gasteiger partial charge on any atom is 0.407 e. The third-order valence-corrected chi connectivity index (χ3v) is 2.02. The van der Waals surface area contributed by atoms with Crippen LogP contribution < -0.4 is 11.5 Å². The van der Waals surface area contributed by atoms with Gasteiger partial charge in [0, 0.05) is 11.3 Å². The molecular formula is C9H11F3N2. The van der Waals surface area contributed by atoms with Gasteiger partial charge in [-0.1, -0.05) is 12.1 Å². The molecule has 0 aromatic heterocycles. The van der Waals surface area contributed by atoms with Gasteiger partial charge in [0.05, 0.1) is 0 Å². The Hall–Kier alpha value is -1.23. The van der Waals surface area contributed by atoms with Gasteiger partial charge in [0.15, 0.2) is 0 Å². The molecule has 78 valence electrons. The summed E-state index contributed by atoms with van der Waals surface area (Å²) in [5.41, 5.74) is 11.0. The zero-order valence-corrected chi connectivity index (χ0v) is 7.60. The van der Waals surface area contributed by atoms with Crippen LogP contribution >= 0.6 is 0 Å². The lowest BCUT2D eigenvalue weighted by Gasteiger charge is -2.19. The second-order valence-electron chi connectivity index (χ2n) is 3.10. The summed E-state index contributed by atoms with van der Waals surface area (Å²) in [6, 6.07) is 2.55. The van der Waals surface area contributed by atoms with Crippen molar-refractivity contribution in [2.45, 2.75) is 19.1 Å². The summed E-state index contributed by atoms with van der Waals surface area (Å²) in [6.45, 7) is 1.55. The van der Waals surface area contributed by atoms with Crippen molar-refractivity contribution in [3.8, 4) is 0 Å². The Labute approximate surface area is 79.7 Å². The summed E-state index contributed by atoms with van der Waals surface area (Å²) >= 11 is 0. The van der Waals surface area contributed by atoms with E-state index in [4.69, 9.17) is 11.5 Å². The predicted molar refractivity (Wildman–Crippen MR) is 48.6 cm³/mol. The van der Waals surface area contributed by atoms with Crippen LogP contribution in [0.25, 0.3) is 0 Å². The van der Waals surface area contributed by atoms with Gasteiger partial charge < -0.3 is 11.5 Å². The Morgan fingerprint density at radius 3 is 2.29 bits per heavy atom. The molecule has 14 heavy (non-hydrogen) atoms. The molecule has 1 unspecified atom stereocenters. The first-order chi connectivity index (χ1) is 6.34. The summed E-state index contributed by atoms with van der Waals surface area (Å²) < 4.78 is 36.9. The predicted octanol–water partition coefficient (Wildman–Crippen LogP) is 2.14. The van der Waals surface area contributed by atoms with Gasteiger partial charge >= 0.3 is 6.18 Å². The molecule has 0 fully saturated rings. The molecule has 1 aromatic carbocycles. The molecule has 0 saturated heterocycles. The van der Waals surface area contributed by atoms with E-state index in [9.17, 15) is 13.2 Å². The largest absolute Gasteiger partial charge is 0.407 e. The molecule has 0 aliphatic rings. The van der Waals surface area contributed by atoms with Crippen LogP contribution in [0.1, 0.15) is 17.2 Å². The quantitative estimate of drug-likeness (QED) is 0.688. The minimum atomic E-state index is -4.46. The Kier molecular flexibility index (Phi) is 2.71. The second-order valence-corrected chi connectivity index (χ2v) is 3.10. The zero-order chi connectivity index (χ0) is 10.9. The number of anilines is 1. The number of nitrogen functional groups attached to an aromatic ring is 1. The Morgan fingerprint density at radius 1 is 1.29 bits per heavy atom. The van der Waals surface area contributed by atoms with Crippen molar-refractivity contribution in [1.82, 2.24) is 0 Å². The summed E-state index contributed by atoms with van der Waals surface area (Å²) in [7, 11) is 0. The van der Waals surface area contributed by atoms with Crippen molar-refractivity contribution in [2.24, 2.45) is 5.73 Å². The highest BCUT2D eigenvalue weighted by Crippen LogP contribution is 2.34. The van der Waals surface area contributed by atoms with Crippen LogP contribution in [-0.2, 0) is 0 Å². The molecule has 2 nitrogen and oxygen atoms in total. The van der Waals surface area contributed by atoms with Crippen LogP contribution in [0.15, 0.2) is 18.2 Å². The minimum absolute atomic E-state index is 0.0417. The molecule has 1 rings (SSSR count). The first kappa shape index (κ1) is 10.8. The van der Waals surface area contributed by atoms with Crippen LogP contribution in [0, 0.1) is 6.92 Å². The van der Waals surface area contributed by atoms with Crippen molar-refractivity contribution >= 4 is 5.69 Å². The van der Waals surface area contributed by atoms with Crippen LogP contribution in [0.5, 0.6) is 0 Å². The van der Waals surface area contributed by atoms with E-state index in [1.54, 1.807) is 19.1 Å². The fourth-order valence-electron chi connectivity index (χ4n) is 1.29. The molecule has 5 heteroatoms. The number of hydrogen-bond acceptors (Lipinski definition) is 2. The van der Waals surface area contributed by atoms with Crippen LogP contribution in [-0.4, -0.2) is 6.18 Å². The van der Waals surface area contributed by atoms with E-state index in [1.807, 2.05) is 0 Å². The van der Waals surface area contributed by atoms with Gasteiger partial charge in [0.2, 0.25) is 0 Å². The Morgan fingerprint density at radius 2 is 1.86 bits per heavy atom. The molecule has 0 heterocycles. The van der Waals surface area contributed by atoms with Gasteiger partial charge in [-0.05, 0) is 18.6 Å². The molecule has 0 spiro atoms. The van der Waals surface area contributed by atoms with E-state index in [0.717, 1.165) is 0 Å². The number of hydrogen-bond donors (Lipinski definition) is 2. The second kappa shape index (κ2) is 3.49. The number of halogens is 3. The van der Waals surface area contributed by atoms with E-state index in [1.165, 1.54) is 6.07 Å². The van der Waals surface area contributed by atoms with Crippen molar-refractivity contribution < 1.29 is 13.2 Å². The lowest BCUT2D eigenvalue weighted by molar-refractivity contribution is -0.149. The average Bonchev–Trinajstić information content (AvgIpc) is 2.01. The maximum atomic E-state index is 12.3. The van der Waals surface area contributed by atoms with E-state index in [2.05, 4.69) is 0 Å². The number of aryl methyl sites for hydroxylation is 1. The van der Waals surface area contributed by atoms with Crippen molar-refractivity contribution in [1.29, 1.82) is 0 Å². The summed E-state index contributed by atoms with van der Waals surface area (Å²) in [6.07, 6.45) is -4.46. The molecular weight excluding hydrogens is 193 g/mol. The lowest BCUT2D eigenvalue weighted by Crippen LogP contribution is -2.29. The van der Waals surface area contributed by atoms with Gasteiger partial charge in [0.25, 0.3) is 0 Å². The first-order valence-corrected chi connectivity index (χ1v) is 4.01. The maximum absolute atomic E-state index is 12.3. The molecule has 0 aliphatic carbocycles. The highest BCUT2D eigenvalue weighted by atomic mass is 19.4. The molecule has 0 bridgehead atoms. The highest BCUT2D eigenvalue weighted by Gasteiger charge is 2.39. The van der Waals surface area contributed by atoms with E-state index in [-0.39, 0.29) is 11.3 Å². The number of rotatable bonds is 1. The molecule has 0 saturated carbocycles. The van der Waals surface area contributed by atoms with Gasteiger partial charge in [-0.2, -0.15) is 13.2 Å². The molecule has 1 atom stereocenters. The number of nitrogens with two attached hydrogens (primary N) is 2. The van der Waals surface area contributed by atoms with E-state index < -0.39 is 12.2 Å². The topological polar surface area (TPSA) is 52.0 Å². The van der Waals surface area contributed by atoms with Crippen LogP contribution in [0.4, 0.5) is 18.9 Å². The minimum Gasteiger partial charge on any atom is -0.398 e. The third kappa shape index (κ3) is 1.98. The lowest BCUT2D eigenvalue weighted by atomic mass is 9.99. The molecule has 0 radical (unpaired) electrons. The van der Waals surface area contributed by atoms with Crippen LogP contribution in [0.3, 0.4) is 0 Å². The molecule has 4 N–H and O–H groups in total. The Balaban J connectivity index is 3.19. The van der Waals surface area contributed by atoms with Gasteiger partial charge in [-0.15, -0.1) is 0 Å². The smallest absolute Gasteiger partial charge is 0.398 e. The normalized spacial score (nSPS) is 14.1. The van der Waals surface area contributed by atoms with Crippen molar-refractivity contribution in [2.75, 3.05) is 5.73 Å². The van der Waals surface area contributed by atoms with Gasteiger partial charge in [-0.25, -0.2) is 0 Å². The fourth-order valence-corrected chi connectivity index (χ4v) is 1.29. The van der Waals surface area contributed by atoms with Gasteiger partial charge in [0.1, 0.15) is 6.04 Å². The van der Waals surface area contributed by atoms with Gasteiger partial charge in [-0.3, -0.25) is 0 Å². The van der Waals surface area contributed by atoms with E-state index >= 15 is 0 Å². The standard InChI is InChI=1S/C9H11F3N2/c1-5-3-2-4-6(13)7(5)8(14)9(10,11)12/h2-4,8H,13-14H2,1H3. The van der Waals surface area contributed by atoms with E-state index in [0.29, 0.717) is 5.56 Å². The summed E-state index contributed by atoms with van der Waals surface area (Å²) in [5, 5.41) is 0. The molecule has 0 aliphatic heterocycles. The zero-order valence-electron chi connectivity index (χ0n) is 7.60. The highest BCUT2D eigenvalue weighted by molar-refractivity contribution is 5.52. The van der Waals surface area contributed by atoms with Crippen molar-refractivity contribution in [3.63, 3.8) is 0 Å². The SMILES string of the molecule is Cc1cccc(N)c1C(N)C(F)(F)F. The fraction of sp³-hybridized carbons (Fsp3) is 0.333. The van der Waals surface area contributed by atoms with Crippen LogP contribution in [0.2, 0.25) is 0 Å². The first-order valence-electron chi connectivity index (χ1n) is 4.01. The Bertz CT molecular complexity index is 313.